The van der Waals surface area contributed by atoms with E-state index in [1.807, 2.05) is 131 Å². The van der Waals surface area contributed by atoms with E-state index in [2.05, 4.69) is 30.0 Å². The molecule has 5 nitrogen and oxygen atoms in total. The summed E-state index contributed by atoms with van der Waals surface area (Å²) in [5, 5.41) is 0. The van der Waals surface area contributed by atoms with Crippen molar-refractivity contribution in [2.24, 2.45) is 0 Å². The van der Waals surface area contributed by atoms with E-state index < -0.39 is 0 Å². The first-order valence-electron chi connectivity index (χ1n) is 12.9. The first-order chi connectivity index (χ1) is 19.2. The molecule has 39 heavy (non-hydrogen) atoms. The molecule has 0 saturated heterocycles. The molecule has 4 aromatic carbocycles. The zero-order valence-electron chi connectivity index (χ0n) is 21.6. The van der Waals surface area contributed by atoms with Crippen LogP contribution in [0.4, 0.5) is 5.69 Å². The molecule has 0 bridgehead atoms. The molecule has 1 aromatic heterocycles. The standard InChI is InChI=1S/C34H27N3O2/c1-2-36-19-20-37(25-36)29-11-8-16-33(24-29)39-32-15-7-10-28(22-32)34-23-27(17-18-35-34)26-9-6-14-31(21-26)38-30-12-4-3-5-13-30/h3-24H,2H2,1H3/q+2. The summed E-state index contributed by atoms with van der Waals surface area (Å²) in [4.78, 5) is 4.64. The van der Waals surface area contributed by atoms with Gasteiger partial charge in [-0.2, -0.15) is 0 Å². The van der Waals surface area contributed by atoms with Gasteiger partial charge in [-0.3, -0.25) is 4.98 Å². The van der Waals surface area contributed by atoms with Crippen molar-refractivity contribution in [1.82, 2.24) is 4.98 Å². The highest BCUT2D eigenvalue weighted by Crippen LogP contribution is 2.32. The average Bonchev–Trinajstić information content (AvgIpc) is 3.48. The van der Waals surface area contributed by atoms with E-state index in [4.69, 9.17) is 9.47 Å². The first kappa shape index (κ1) is 24.1. The van der Waals surface area contributed by atoms with Gasteiger partial charge >= 0.3 is 6.01 Å². The molecule has 0 saturated carbocycles. The molecule has 0 amide bonds. The van der Waals surface area contributed by atoms with Gasteiger partial charge in [0.25, 0.3) is 6.20 Å². The Morgan fingerprint density at radius 1 is 0.615 bits per heavy atom. The van der Waals surface area contributed by atoms with Crippen molar-refractivity contribution in [2.75, 3.05) is 6.54 Å². The summed E-state index contributed by atoms with van der Waals surface area (Å²) in [6.45, 7) is 2.97. The lowest BCUT2D eigenvalue weighted by atomic mass is 10.0. The lowest BCUT2D eigenvalue weighted by molar-refractivity contribution is -0.455. The molecule has 0 unspecified atom stereocenters. The summed E-state index contributed by atoms with van der Waals surface area (Å²) >= 11 is 0. The Bertz CT molecular complexity index is 1730. The maximum Gasteiger partial charge on any atom is 0.495 e. The van der Waals surface area contributed by atoms with Crippen LogP contribution in [-0.2, 0) is 0 Å². The van der Waals surface area contributed by atoms with E-state index in [0.717, 1.165) is 57.6 Å². The summed E-state index contributed by atoms with van der Waals surface area (Å²) in [6.07, 6.45) is 5.83. The third-order valence-electron chi connectivity index (χ3n) is 6.34. The van der Waals surface area contributed by atoms with Gasteiger partial charge in [0.2, 0.25) is 11.9 Å². The largest absolute Gasteiger partial charge is 0.495 e. The maximum absolute atomic E-state index is 6.24. The lowest BCUT2D eigenvalue weighted by Gasteiger charge is -2.10. The second-order valence-electron chi connectivity index (χ2n) is 9.05. The molecule has 0 atom stereocenters. The molecule has 0 spiro atoms. The summed E-state index contributed by atoms with van der Waals surface area (Å²) in [5.41, 5.74) is 4.95. The van der Waals surface area contributed by atoms with Crippen LogP contribution >= 0.6 is 0 Å². The fourth-order valence-electron chi connectivity index (χ4n) is 4.36. The van der Waals surface area contributed by atoms with E-state index in [-0.39, 0.29) is 0 Å². The number of para-hydroxylation sites is 1. The Hall–Kier alpha value is -5.25. The van der Waals surface area contributed by atoms with Crippen molar-refractivity contribution in [3.8, 4) is 45.4 Å². The van der Waals surface area contributed by atoms with Crippen LogP contribution in [0.1, 0.15) is 6.92 Å². The quantitative estimate of drug-likeness (QED) is 0.197. The molecular weight excluding hydrogens is 482 g/mol. The molecular formula is C34H27N3O2+2. The fourth-order valence-corrected chi connectivity index (χ4v) is 4.36. The van der Waals surface area contributed by atoms with Crippen LogP contribution in [0.3, 0.4) is 0 Å². The predicted molar refractivity (Wildman–Crippen MR) is 153 cm³/mol. The Labute approximate surface area is 227 Å². The van der Waals surface area contributed by atoms with Crippen molar-refractivity contribution in [1.29, 1.82) is 0 Å². The molecule has 0 N–H and O–H groups in total. The van der Waals surface area contributed by atoms with Crippen LogP contribution in [0.15, 0.2) is 134 Å². The van der Waals surface area contributed by atoms with Crippen LogP contribution in [-0.4, -0.2) is 26.7 Å². The molecule has 6 rings (SSSR count). The van der Waals surface area contributed by atoms with Gasteiger partial charge in [0.15, 0.2) is 6.54 Å². The van der Waals surface area contributed by atoms with Gasteiger partial charge in [0.05, 0.1) is 11.8 Å². The summed E-state index contributed by atoms with van der Waals surface area (Å²) in [7, 11) is 0. The molecule has 188 valence electrons. The average molecular weight is 510 g/mol. The van der Waals surface area contributed by atoms with Crippen molar-refractivity contribution >= 4 is 11.7 Å². The predicted octanol–water partition coefficient (Wildman–Crippen LogP) is 8.34. The number of ether oxygens (including phenoxy) is 2. The van der Waals surface area contributed by atoms with Gasteiger partial charge in [-0.1, -0.05) is 57.7 Å². The fraction of sp³-hybridized carbons (Fsp3) is 0.0588. The Balaban J connectivity index is 1.23. The second kappa shape index (κ2) is 11.0. The van der Waals surface area contributed by atoms with E-state index in [1.54, 1.807) is 0 Å². The lowest BCUT2D eigenvalue weighted by Crippen LogP contribution is -1.99. The van der Waals surface area contributed by atoms with Crippen molar-refractivity contribution in [3.63, 3.8) is 0 Å². The van der Waals surface area contributed by atoms with Gasteiger partial charge in [-0.25, -0.2) is 0 Å². The Morgan fingerprint density at radius 3 is 2.03 bits per heavy atom. The smallest absolute Gasteiger partial charge is 0.457 e. The molecule has 5 aromatic rings. The van der Waals surface area contributed by atoms with Gasteiger partial charge in [-0.05, 0) is 72.6 Å². The second-order valence-corrected chi connectivity index (χ2v) is 9.05. The van der Waals surface area contributed by atoms with E-state index in [1.165, 1.54) is 0 Å². The SMILES string of the molecule is CC[N+]1=C=[N+](c2cccc(Oc3cccc(-c4cc(-c5cccc(Oc6ccccc6)c5)ccn4)c3)c2)C=C1. The van der Waals surface area contributed by atoms with Crippen LogP contribution in [0, 0.1) is 0 Å². The van der Waals surface area contributed by atoms with Crippen molar-refractivity contribution in [2.45, 2.75) is 6.92 Å². The molecule has 0 fully saturated rings. The van der Waals surface area contributed by atoms with Gasteiger partial charge in [0.1, 0.15) is 23.0 Å². The summed E-state index contributed by atoms with van der Waals surface area (Å²) < 4.78 is 16.2. The van der Waals surface area contributed by atoms with Crippen molar-refractivity contribution < 1.29 is 18.6 Å². The van der Waals surface area contributed by atoms with Crippen LogP contribution in [0.25, 0.3) is 22.4 Å². The van der Waals surface area contributed by atoms with Gasteiger partial charge < -0.3 is 9.47 Å². The minimum atomic E-state index is 0.746. The number of aromatic nitrogens is 1. The number of rotatable bonds is 8. The first-order valence-corrected chi connectivity index (χ1v) is 12.9. The highest BCUT2D eigenvalue weighted by molar-refractivity contribution is 5.72. The minimum absolute atomic E-state index is 0.746. The topological polar surface area (TPSA) is 37.4 Å². The minimum Gasteiger partial charge on any atom is -0.457 e. The van der Waals surface area contributed by atoms with Crippen LogP contribution < -0.4 is 9.47 Å². The van der Waals surface area contributed by atoms with Gasteiger partial charge in [0, 0.05) is 17.8 Å². The highest BCUT2D eigenvalue weighted by Gasteiger charge is 2.18. The van der Waals surface area contributed by atoms with E-state index >= 15 is 0 Å². The number of nitrogens with zero attached hydrogens (tertiary/aromatic N) is 3. The Kier molecular flexibility index (Phi) is 6.81. The van der Waals surface area contributed by atoms with Gasteiger partial charge in [-0.15, -0.1) is 0 Å². The maximum atomic E-state index is 6.24. The summed E-state index contributed by atoms with van der Waals surface area (Å²) in [6, 6.07) is 41.3. The third-order valence-corrected chi connectivity index (χ3v) is 6.34. The zero-order chi connectivity index (χ0) is 26.4. The van der Waals surface area contributed by atoms with Crippen LogP contribution in [0.5, 0.6) is 23.0 Å². The van der Waals surface area contributed by atoms with Crippen LogP contribution in [0.2, 0.25) is 0 Å². The number of pyridine rings is 1. The number of hydrogen-bond acceptors (Lipinski definition) is 3. The van der Waals surface area contributed by atoms with E-state index in [0.29, 0.717) is 0 Å². The third kappa shape index (κ3) is 5.69. The highest BCUT2D eigenvalue weighted by atomic mass is 16.5. The molecule has 1 aliphatic heterocycles. The zero-order valence-corrected chi connectivity index (χ0v) is 21.6. The number of hydrogen-bond donors (Lipinski definition) is 0. The molecule has 2 heterocycles. The molecule has 0 radical (unpaired) electrons. The molecule has 5 heteroatoms. The van der Waals surface area contributed by atoms with Crippen molar-refractivity contribution in [3.05, 3.63) is 134 Å². The molecule has 1 aliphatic rings. The molecule has 0 aliphatic carbocycles. The monoisotopic (exact) mass is 509 g/mol. The summed E-state index contributed by atoms with van der Waals surface area (Å²) in [5.74, 6) is 3.10. The number of benzene rings is 4. The Morgan fingerprint density at radius 2 is 1.26 bits per heavy atom. The normalized spacial score (nSPS) is 12.1. The van der Waals surface area contributed by atoms with E-state index in [9.17, 15) is 0 Å².